The number of amides is 1. The lowest BCUT2D eigenvalue weighted by Gasteiger charge is -2.10. The highest BCUT2D eigenvalue weighted by Crippen LogP contribution is 2.14. The highest BCUT2D eigenvalue weighted by Gasteiger charge is 2.19. The number of hydrogen-bond donors (Lipinski definition) is 2. The molecule has 0 spiro atoms. The van der Waals surface area contributed by atoms with E-state index in [1.165, 1.54) is 0 Å². The lowest BCUT2D eigenvalue weighted by atomic mass is 10.2. The number of benzene rings is 1. The molecule has 0 bridgehead atoms. The molecule has 1 aromatic carbocycles. The Hall–Kier alpha value is -2.38. The van der Waals surface area contributed by atoms with Gasteiger partial charge in [0.15, 0.2) is 0 Å². The van der Waals surface area contributed by atoms with Crippen molar-refractivity contribution in [3.05, 3.63) is 46.4 Å². The van der Waals surface area contributed by atoms with Crippen LogP contribution in [0.1, 0.15) is 18.5 Å². The Morgan fingerprint density at radius 3 is 2.76 bits per heavy atom. The largest absolute Gasteiger partial charge is 0.377 e. The van der Waals surface area contributed by atoms with Crippen LogP contribution in [0.3, 0.4) is 0 Å². The minimum Gasteiger partial charge on any atom is -0.377 e. The van der Waals surface area contributed by atoms with E-state index in [9.17, 15) is 9.59 Å². The summed E-state index contributed by atoms with van der Waals surface area (Å²) in [4.78, 5) is 24.9. The first kappa shape index (κ1) is 17.4. The second-order valence-electron chi connectivity index (χ2n) is 6.25. The Morgan fingerprint density at radius 2 is 2.08 bits per heavy atom. The lowest BCUT2D eigenvalue weighted by molar-refractivity contribution is -0.115. The molecule has 7 heteroatoms. The smallest absolute Gasteiger partial charge is 0.295 e. The van der Waals surface area contributed by atoms with E-state index in [0.717, 1.165) is 25.1 Å². The first-order valence-corrected chi connectivity index (χ1v) is 8.54. The van der Waals surface area contributed by atoms with E-state index < -0.39 is 0 Å². The monoisotopic (exact) mass is 344 g/mol. The van der Waals surface area contributed by atoms with Crippen LogP contribution in [-0.4, -0.2) is 41.1 Å². The third kappa shape index (κ3) is 3.83. The molecule has 3 rings (SSSR count). The molecule has 1 saturated heterocycles. The van der Waals surface area contributed by atoms with Gasteiger partial charge in [0.25, 0.3) is 5.56 Å². The summed E-state index contributed by atoms with van der Waals surface area (Å²) in [6.07, 6.45) is 2.27. The van der Waals surface area contributed by atoms with Gasteiger partial charge in [-0.2, -0.15) is 0 Å². The second kappa shape index (κ2) is 7.67. The zero-order valence-corrected chi connectivity index (χ0v) is 14.6. The van der Waals surface area contributed by atoms with Crippen LogP contribution in [0.5, 0.6) is 0 Å². The number of nitrogens with zero attached hydrogens (tertiary/aromatic N) is 2. The van der Waals surface area contributed by atoms with Crippen LogP contribution < -0.4 is 16.2 Å². The zero-order valence-electron chi connectivity index (χ0n) is 14.6. The number of carbonyl (C=O) groups is 1. The molecule has 7 nitrogen and oxygen atoms in total. The first-order chi connectivity index (χ1) is 12.1. The van der Waals surface area contributed by atoms with Gasteiger partial charge in [-0.1, -0.05) is 18.2 Å². The molecule has 1 aromatic heterocycles. The summed E-state index contributed by atoms with van der Waals surface area (Å²) < 4.78 is 8.80. The van der Waals surface area contributed by atoms with Gasteiger partial charge < -0.3 is 15.4 Å². The van der Waals surface area contributed by atoms with Crippen LogP contribution in [0.15, 0.2) is 35.1 Å². The van der Waals surface area contributed by atoms with Crippen molar-refractivity contribution in [1.29, 1.82) is 0 Å². The number of aromatic nitrogens is 2. The van der Waals surface area contributed by atoms with Gasteiger partial charge in [0.05, 0.1) is 24.0 Å². The molecule has 0 saturated carbocycles. The van der Waals surface area contributed by atoms with E-state index in [1.54, 1.807) is 16.4 Å². The molecule has 2 heterocycles. The summed E-state index contributed by atoms with van der Waals surface area (Å²) >= 11 is 0. The minimum absolute atomic E-state index is 0.152. The van der Waals surface area contributed by atoms with Gasteiger partial charge in [0.2, 0.25) is 5.91 Å². The fourth-order valence-electron chi connectivity index (χ4n) is 3.05. The molecule has 0 aliphatic carbocycles. The number of rotatable bonds is 6. The van der Waals surface area contributed by atoms with Gasteiger partial charge in [-0.05, 0) is 31.9 Å². The summed E-state index contributed by atoms with van der Waals surface area (Å²) in [5.41, 5.74) is 1.55. The van der Waals surface area contributed by atoms with E-state index in [1.807, 2.05) is 37.3 Å². The summed E-state index contributed by atoms with van der Waals surface area (Å²) in [7, 11) is 1.80. The Bertz CT molecular complexity index is 789. The van der Waals surface area contributed by atoms with Gasteiger partial charge in [-0.15, -0.1) is 0 Å². The molecule has 1 unspecified atom stereocenters. The molecule has 134 valence electrons. The number of ether oxygens (including phenoxy) is 1. The molecule has 1 fully saturated rings. The minimum atomic E-state index is -0.237. The van der Waals surface area contributed by atoms with Crippen molar-refractivity contribution in [2.75, 3.05) is 25.0 Å². The van der Waals surface area contributed by atoms with Crippen LogP contribution in [0.2, 0.25) is 0 Å². The standard InChI is InChI=1S/C18H24N4O3/c1-13-17(20-16(23)12-19-11-15-9-6-10-25-15)18(24)22(21(13)2)14-7-4-3-5-8-14/h3-5,7-8,15,19H,6,9-12H2,1-2H3,(H,20,23). The molecule has 1 aliphatic heterocycles. The van der Waals surface area contributed by atoms with E-state index in [-0.39, 0.29) is 24.1 Å². The number of para-hydroxylation sites is 1. The third-order valence-electron chi connectivity index (χ3n) is 4.50. The van der Waals surface area contributed by atoms with Gasteiger partial charge in [-0.3, -0.25) is 14.3 Å². The van der Waals surface area contributed by atoms with Crippen molar-refractivity contribution in [2.24, 2.45) is 7.05 Å². The number of carbonyl (C=O) groups excluding carboxylic acids is 1. The van der Waals surface area contributed by atoms with Crippen LogP contribution in [0.25, 0.3) is 5.69 Å². The van der Waals surface area contributed by atoms with Crippen molar-refractivity contribution in [3.63, 3.8) is 0 Å². The van der Waals surface area contributed by atoms with Crippen molar-refractivity contribution >= 4 is 11.6 Å². The summed E-state index contributed by atoms with van der Waals surface area (Å²) in [5.74, 6) is -0.232. The maximum Gasteiger partial charge on any atom is 0.295 e. The molecule has 1 aliphatic rings. The molecular formula is C18H24N4O3. The van der Waals surface area contributed by atoms with Crippen LogP contribution in [0, 0.1) is 6.92 Å². The second-order valence-corrected chi connectivity index (χ2v) is 6.25. The third-order valence-corrected chi connectivity index (χ3v) is 4.50. The molecule has 1 atom stereocenters. The predicted molar refractivity (Wildman–Crippen MR) is 96.2 cm³/mol. The number of anilines is 1. The van der Waals surface area contributed by atoms with Crippen molar-refractivity contribution in [3.8, 4) is 5.69 Å². The topological polar surface area (TPSA) is 77.3 Å². The molecular weight excluding hydrogens is 320 g/mol. The Balaban J connectivity index is 1.68. The average Bonchev–Trinajstić information content (AvgIpc) is 3.19. The molecule has 2 N–H and O–H groups in total. The summed E-state index contributed by atoms with van der Waals surface area (Å²) in [6.45, 7) is 3.41. The van der Waals surface area contributed by atoms with E-state index in [2.05, 4.69) is 10.6 Å². The summed E-state index contributed by atoms with van der Waals surface area (Å²) in [5, 5.41) is 5.83. The van der Waals surface area contributed by atoms with E-state index in [4.69, 9.17) is 4.74 Å². The first-order valence-electron chi connectivity index (χ1n) is 8.54. The summed E-state index contributed by atoms with van der Waals surface area (Å²) in [6, 6.07) is 9.35. The Labute approximate surface area is 146 Å². The molecule has 25 heavy (non-hydrogen) atoms. The van der Waals surface area contributed by atoms with Crippen molar-refractivity contribution in [2.45, 2.75) is 25.9 Å². The number of hydrogen-bond acceptors (Lipinski definition) is 4. The molecule has 0 radical (unpaired) electrons. The normalized spacial score (nSPS) is 17.0. The van der Waals surface area contributed by atoms with Gasteiger partial charge in [0, 0.05) is 20.2 Å². The van der Waals surface area contributed by atoms with E-state index >= 15 is 0 Å². The lowest BCUT2D eigenvalue weighted by Crippen LogP contribution is -2.34. The number of nitrogens with one attached hydrogen (secondary N) is 2. The highest BCUT2D eigenvalue weighted by atomic mass is 16.5. The fourth-order valence-corrected chi connectivity index (χ4v) is 3.05. The quantitative estimate of drug-likeness (QED) is 0.825. The predicted octanol–water partition coefficient (Wildman–Crippen LogP) is 1.19. The maximum absolute atomic E-state index is 12.7. The Kier molecular flexibility index (Phi) is 5.35. The molecule has 1 amide bonds. The van der Waals surface area contributed by atoms with Crippen molar-refractivity contribution in [1.82, 2.24) is 14.7 Å². The van der Waals surface area contributed by atoms with Gasteiger partial charge in [0.1, 0.15) is 5.69 Å². The maximum atomic E-state index is 12.7. The van der Waals surface area contributed by atoms with Crippen molar-refractivity contribution < 1.29 is 9.53 Å². The van der Waals surface area contributed by atoms with E-state index in [0.29, 0.717) is 17.9 Å². The Morgan fingerprint density at radius 1 is 1.32 bits per heavy atom. The van der Waals surface area contributed by atoms with Crippen LogP contribution in [0.4, 0.5) is 5.69 Å². The van der Waals surface area contributed by atoms with Crippen LogP contribution in [-0.2, 0) is 16.6 Å². The SMILES string of the molecule is Cc1c(NC(=O)CNCC2CCCO2)c(=O)n(-c2ccccc2)n1C. The highest BCUT2D eigenvalue weighted by molar-refractivity contribution is 5.92. The zero-order chi connectivity index (χ0) is 17.8. The average molecular weight is 344 g/mol. The van der Waals surface area contributed by atoms with Crippen LogP contribution >= 0.6 is 0 Å². The van der Waals surface area contributed by atoms with Gasteiger partial charge >= 0.3 is 0 Å². The van der Waals surface area contributed by atoms with Gasteiger partial charge in [-0.25, -0.2) is 4.68 Å². The fraction of sp³-hybridized carbons (Fsp3) is 0.444. The molecule has 2 aromatic rings.